The van der Waals surface area contributed by atoms with E-state index in [0.717, 1.165) is 32.1 Å². The van der Waals surface area contributed by atoms with Crippen LogP contribution in [0.3, 0.4) is 0 Å². The fourth-order valence-corrected chi connectivity index (χ4v) is 3.35. The zero-order valence-electron chi connectivity index (χ0n) is 13.6. The molecule has 0 saturated heterocycles. The molecule has 126 valence electrons. The molecule has 0 aliphatic heterocycles. The van der Waals surface area contributed by atoms with Gasteiger partial charge in [0.05, 0.1) is 17.3 Å². The molecule has 0 bridgehead atoms. The lowest BCUT2D eigenvalue weighted by molar-refractivity contribution is -0.120. The first-order valence-electron chi connectivity index (χ1n) is 7.45. The van der Waals surface area contributed by atoms with Crippen molar-refractivity contribution in [3.05, 3.63) is 58.6 Å². The minimum Gasteiger partial charge on any atom is -0.496 e. The second-order valence-electron chi connectivity index (χ2n) is 4.99. The maximum absolute atomic E-state index is 11.9. The lowest BCUT2D eigenvalue weighted by Gasteiger charge is -2.06. The van der Waals surface area contributed by atoms with Crippen LogP contribution in [0.1, 0.15) is 18.9 Å². The van der Waals surface area contributed by atoms with Crippen molar-refractivity contribution in [2.45, 2.75) is 18.2 Å². The standard InChI is InChI=1S/C18H19BrN2O2S/c1-13(14-8-9-17(23-2)16(19)12-14)20-21-18(22)10-11-24-15-6-4-3-5-7-15/h3-9,12H,10-11H2,1-2H3,(H,21,22)/b20-13-. The molecule has 0 fully saturated rings. The van der Waals surface area contributed by atoms with Crippen molar-refractivity contribution in [3.8, 4) is 5.75 Å². The molecule has 4 nitrogen and oxygen atoms in total. The van der Waals surface area contributed by atoms with Gasteiger partial charge in [0.25, 0.3) is 0 Å². The van der Waals surface area contributed by atoms with Gasteiger partial charge in [0.1, 0.15) is 5.75 Å². The third-order valence-corrected chi connectivity index (χ3v) is 4.89. The Kier molecular flexibility index (Phi) is 7.34. The zero-order valence-corrected chi connectivity index (χ0v) is 16.0. The molecule has 0 radical (unpaired) electrons. The van der Waals surface area contributed by atoms with E-state index in [2.05, 4.69) is 26.5 Å². The minimum atomic E-state index is -0.0923. The van der Waals surface area contributed by atoms with Gasteiger partial charge in [0, 0.05) is 17.1 Å². The summed E-state index contributed by atoms with van der Waals surface area (Å²) in [7, 11) is 1.62. The number of thioether (sulfide) groups is 1. The third-order valence-electron chi connectivity index (χ3n) is 3.26. The molecule has 0 atom stereocenters. The summed E-state index contributed by atoms with van der Waals surface area (Å²) in [5.74, 6) is 1.39. The Labute approximate surface area is 154 Å². The molecule has 2 rings (SSSR count). The lowest BCUT2D eigenvalue weighted by atomic mass is 10.1. The van der Waals surface area contributed by atoms with Crippen LogP contribution in [0.25, 0.3) is 0 Å². The average molecular weight is 407 g/mol. The number of hydrogen-bond acceptors (Lipinski definition) is 4. The summed E-state index contributed by atoms with van der Waals surface area (Å²) in [6.07, 6.45) is 0.419. The monoisotopic (exact) mass is 406 g/mol. The van der Waals surface area contributed by atoms with E-state index in [1.54, 1.807) is 18.9 Å². The molecular formula is C18H19BrN2O2S. The predicted octanol–water partition coefficient (Wildman–Crippen LogP) is 4.48. The van der Waals surface area contributed by atoms with E-state index in [1.807, 2.05) is 55.5 Å². The van der Waals surface area contributed by atoms with Gasteiger partial charge in [-0.25, -0.2) is 5.43 Å². The molecule has 0 aromatic heterocycles. The molecule has 24 heavy (non-hydrogen) atoms. The van der Waals surface area contributed by atoms with E-state index in [9.17, 15) is 4.79 Å². The maximum atomic E-state index is 11.9. The summed E-state index contributed by atoms with van der Waals surface area (Å²) in [5.41, 5.74) is 4.26. The number of amides is 1. The number of rotatable bonds is 7. The van der Waals surface area contributed by atoms with Gasteiger partial charge in [-0.2, -0.15) is 5.10 Å². The van der Waals surface area contributed by atoms with Crippen molar-refractivity contribution in [2.75, 3.05) is 12.9 Å². The van der Waals surface area contributed by atoms with Gasteiger partial charge in [-0.05, 0) is 58.7 Å². The fraction of sp³-hybridized carbons (Fsp3) is 0.222. The van der Waals surface area contributed by atoms with Gasteiger partial charge in [-0.15, -0.1) is 11.8 Å². The fourth-order valence-electron chi connectivity index (χ4n) is 1.94. The number of nitrogens with one attached hydrogen (secondary N) is 1. The molecule has 0 spiro atoms. The van der Waals surface area contributed by atoms with Crippen LogP contribution in [0.5, 0.6) is 5.75 Å². The van der Waals surface area contributed by atoms with Gasteiger partial charge < -0.3 is 4.74 Å². The number of halogens is 1. The number of methoxy groups -OCH3 is 1. The molecule has 1 amide bonds. The van der Waals surface area contributed by atoms with Gasteiger partial charge in [-0.3, -0.25) is 4.79 Å². The third kappa shape index (κ3) is 5.69. The maximum Gasteiger partial charge on any atom is 0.240 e. The number of hydrogen-bond donors (Lipinski definition) is 1. The van der Waals surface area contributed by atoms with Crippen LogP contribution in [0, 0.1) is 0 Å². The Morgan fingerprint density at radius 3 is 2.67 bits per heavy atom. The molecule has 0 saturated carbocycles. The summed E-state index contributed by atoms with van der Waals surface area (Å²) in [5, 5.41) is 4.16. The molecule has 1 N–H and O–H groups in total. The second-order valence-corrected chi connectivity index (χ2v) is 7.02. The molecule has 2 aromatic carbocycles. The summed E-state index contributed by atoms with van der Waals surface area (Å²) >= 11 is 5.10. The van der Waals surface area contributed by atoms with Crippen LogP contribution in [0.15, 0.2) is 63.0 Å². The Hall–Kier alpha value is -1.79. The SMILES string of the molecule is COc1ccc(/C(C)=N\NC(=O)CCSc2ccccc2)cc1Br. The normalized spacial score (nSPS) is 11.2. The first-order valence-corrected chi connectivity index (χ1v) is 9.23. The van der Waals surface area contributed by atoms with Crippen LogP contribution < -0.4 is 10.2 Å². The van der Waals surface area contributed by atoms with Gasteiger partial charge in [-0.1, -0.05) is 18.2 Å². The first kappa shape index (κ1) is 18.5. The van der Waals surface area contributed by atoms with E-state index >= 15 is 0 Å². The zero-order chi connectivity index (χ0) is 17.4. The summed E-state index contributed by atoms with van der Waals surface area (Å²) in [4.78, 5) is 13.0. The van der Waals surface area contributed by atoms with E-state index in [4.69, 9.17) is 4.74 Å². The lowest BCUT2D eigenvalue weighted by Crippen LogP contribution is -2.19. The van der Waals surface area contributed by atoms with E-state index in [0.29, 0.717) is 6.42 Å². The van der Waals surface area contributed by atoms with Crippen molar-refractivity contribution in [1.82, 2.24) is 5.43 Å². The topological polar surface area (TPSA) is 50.7 Å². The van der Waals surface area contributed by atoms with Crippen LogP contribution >= 0.6 is 27.7 Å². The summed E-state index contributed by atoms with van der Waals surface area (Å²) in [6, 6.07) is 15.7. The highest BCUT2D eigenvalue weighted by Crippen LogP contribution is 2.25. The highest BCUT2D eigenvalue weighted by atomic mass is 79.9. The quantitative estimate of drug-likeness (QED) is 0.418. The van der Waals surface area contributed by atoms with Crippen molar-refractivity contribution in [2.24, 2.45) is 5.10 Å². The molecule has 0 aliphatic carbocycles. The number of benzene rings is 2. The number of ether oxygens (including phenoxy) is 1. The molecule has 0 unspecified atom stereocenters. The van der Waals surface area contributed by atoms with Crippen LogP contribution in [0.2, 0.25) is 0 Å². The average Bonchev–Trinajstić information content (AvgIpc) is 2.60. The summed E-state index contributed by atoms with van der Waals surface area (Å²) < 4.78 is 6.05. The number of carbonyl (C=O) groups is 1. The second kappa shape index (κ2) is 9.49. The van der Waals surface area contributed by atoms with Gasteiger partial charge in [0.15, 0.2) is 0 Å². The Balaban J connectivity index is 1.83. The molecule has 0 aliphatic rings. The van der Waals surface area contributed by atoms with Gasteiger partial charge >= 0.3 is 0 Å². The van der Waals surface area contributed by atoms with E-state index < -0.39 is 0 Å². The van der Waals surface area contributed by atoms with Crippen LogP contribution in [-0.2, 0) is 4.79 Å². The van der Waals surface area contributed by atoms with E-state index in [1.165, 1.54) is 0 Å². The smallest absolute Gasteiger partial charge is 0.240 e. The first-order chi connectivity index (χ1) is 11.6. The predicted molar refractivity (Wildman–Crippen MR) is 103 cm³/mol. The Bertz CT molecular complexity index is 720. The number of hydrazone groups is 1. The Morgan fingerprint density at radius 1 is 1.25 bits per heavy atom. The van der Waals surface area contributed by atoms with Crippen LogP contribution in [-0.4, -0.2) is 24.5 Å². The van der Waals surface area contributed by atoms with Crippen molar-refractivity contribution in [3.63, 3.8) is 0 Å². The molecular weight excluding hydrogens is 388 g/mol. The highest BCUT2D eigenvalue weighted by Gasteiger charge is 2.05. The minimum absolute atomic E-state index is 0.0923. The Morgan fingerprint density at radius 2 is 2.00 bits per heavy atom. The molecule has 6 heteroatoms. The van der Waals surface area contributed by atoms with Gasteiger partial charge in [0.2, 0.25) is 5.91 Å². The van der Waals surface area contributed by atoms with E-state index in [-0.39, 0.29) is 5.91 Å². The van der Waals surface area contributed by atoms with Crippen molar-refractivity contribution in [1.29, 1.82) is 0 Å². The summed E-state index contributed by atoms with van der Waals surface area (Å²) in [6.45, 7) is 1.85. The molecule has 0 heterocycles. The largest absolute Gasteiger partial charge is 0.496 e. The number of carbonyl (C=O) groups excluding carboxylic acids is 1. The van der Waals surface area contributed by atoms with Crippen molar-refractivity contribution >= 4 is 39.3 Å². The van der Waals surface area contributed by atoms with Crippen molar-refractivity contribution < 1.29 is 9.53 Å². The molecule has 2 aromatic rings. The highest BCUT2D eigenvalue weighted by molar-refractivity contribution is 9.10. The number of nitrogens with zero attached hydrogens (tertiary/aromatic N) is 1. The van der Waals surface area contributed by atoms with Crippen LogP contribution in [0.4, 0.5) is 0 Å².